The number of carbonyl (C=O) groups is 6. The molecule has 0 aromatic rings. The number of rotatable bonds is 10. The fraction of sp³-hybridized carbons (Fsp3) is 0.814. The Balaban J connectivity index is 2.79. The van der Waals surface area contributed by atoms with Crippen LogP contribution in [-0.4, -0.2) is 130 Å². The van der Waals surface area contributed by atoms with E-state index in [1.165, 1.54) is 14.7 Å². The standard InChI is InChI=1S/C43H76N6O7/c1-25(2)18-31-23-30(11)41(54)48(14)35(21-28(7)8)42(55)47(13)34(20-27(5)6)40(53)45-32(19-26(3)4)37(50)24-38(51)46(12)36(22-29(9)10)43(56)49-17-15-16-33(49)39(52)44-31/h23,25-29,31-37,50H,15-22,24H2,1-14H3,(H,44,52)(H,45,53)/b30-23+/t31-,32+,33-,34-,35-,36-,37+/m0/s1. The molecule has 320 valence electrons. The number of likely N-dealkylation sites (N-methyl/N-ethyl adjacent to an activating group) is 3. The Hall–Kier alpha value is -3.48. The molecule has 1 saturated heterocycles. The van der Waals surface area contributed by atoms with Crippen molar-refractivity contribution in [1.29, 1.82) is 0 Å². The van der Waals surface area contributed by atoms with E-state index in [9.17, 15) is 33.9 Å². The summed E-state index contributed by atoms with van der Waals surface area (Å²) in [7, 11) is 4.75. The average molecular weight is 789 g/mol. The minimum Gasteiger partial charge on any atom is -0.390 e. The number of carbonyl (C=O) groups excluding carboxylic acids is 6. The fourth-order valence-electron chi connectivity index (χ4n) is 8.00. The van der Waals surface area contributed by atoms with Crippen molar-refractivity contribution < 1.29 is 33.9 Å². The highest BCUT2D eigenvalue weighted by Crippen LogP contribution is 2.25. The third-order valence-corrected chi connectivity index (χ3v) is 11.0. The summed E-state index contributed by atoms with van der Waals surface area (Å²) in [6.45, 7) is 21.8. The summed E-state index contributed by atoms with van der Waals surface area (Å²) >= 11 is 0. The summed E-state index contributed by atoms with van der Waals surface area (Å²) < 4.78 is 0. The topological polar surface area (TPSA) is 160 Å². The Kier molecular flexibility index (Phi) is 19.0. The zero-order valence-corrected chi connectivity index (χ0v) is 37.1. The molecule has 2 heterocycles. The number of nitrogens with zero attached hydrogens (tertiary/aromatic N) is 4. The van der Waals surface area contributed by atoms with Crippen LogP contribution in [0.25, 0.3) is 0 Å². The van der Waals surface area contributed by atoms with Crippen LogP contribution < -0.4 is 10.6 Å². The van der Waals surface area contributed by atoms with Crippen molar-refractivity contribution in [2.75, 3.05) is 27.7 Å². The van der Waals surface area contributed by atoms with Gasteiger partial charge in [-0.15, -0.1) is 0 Å². The Morgan fingerprint density at radius 1 is 0.643 bits per heavy atom. The minimum absolute atomic E-state index is 0.0232. The predicted molar refractivity (Wildman–Crippen MR) is 220 cm³/mol. The van der Waals surface area contributed by atoms with Crippen LogP contribution in [0.4, 0.5) is 0 Å². The molecule has 13 nitrogen and oxygen atoms in total. The van der Waals surface area contributed by atoms with Crippen LogP contribution >= 0.6 is 0 Å². The first kappa shape index (κ1) is 48.7. The second kappa shape index (κ2) is 21.9. The van der Waals surface area contributed by atoms with Crippen molar-refractivity contribution in [3.05, 3.63) is 11.6 Å². The van der Waals surface area contributed by atoms with Gasteiger partial charge in [0.25, 0.3) is 0 Å². The molecule has 7 atom stereocenters. The summed E-state index contributed by atoms with van der Waals surface area (Å²) in [6, 6.07) is -4.75. The minimum atomic E-state index is -1.28. The Labute approximate surface area is 337 Å². The van der Waals surface area contributed by atoms with Gasteiger partial charge in [0.15, 0.2) is 0 Å². The smallest absolute Gasteiger partial charge is 0.249 e. The molecule has 0 spiro atoms. The van der Waals surface area contributed by atoms with Gasteiger partial charge in [0.05, 0.1) is 18.6 Å². The van der Waals surface area contributed by atoms with Crippen molar-refractivity contribution in [3.8, 4) is 0 Å². The lowest BCUT2D eigenvalue weighted by Crippen LogP contribution is -2.58. The van der Waals surface area contributed by atoms with E-state index in [1.807, 2.05) is 69.2 Å². The van der Waals surface area contributed by atoms with E-state index in [0.717, 1.165) is 0 Å². The average Bonchev–Trinajstić information content (AvgIpc) is 3.59. The number of aliphatic hydroxyl groups excluding tert-OH is 1. The van der Waals surface area contributed by atoms with Gasteiger partial charge in [-0.3, -0.25) is 28.8 Å². The number of fused-ring (bicyclic) bond motifs is 1. The summed E-state index contributed by atoms with van der Waals surface area (Å²) in [5, 5.41) is 17.7. The summed E-state index contributed by atoms with van der Waals surface area (Å²) in [4.78, 5) is 91.0. The Bertz CT molecular complexity index is 1390. The van der Waals surface area contributed by atoms with Gasteiger partial charge in [-0.1, -0.05) is 75.3 Å². The lowest BCUT2D eigenvalue weighted by molar-refractivity contribution is -0.149. The predicted octanol–water partition coefficient (Wildman–Crippen LogP) is 4.37. The molecule has 56 heavy (non-hydrogen) atoms. The molecular weight excluding hydrogens is 713 g/mol. The number of nitrogens with one attached hydrogen (secondary N) is 2. The second-order valence-corrected chi connectivity index (χ2v) is 18.6. The molecule has 0 saturated carbocycles. The number of amides is 6. The fourth-order valence-corrected chi connectivity index (χ4v) is 8.00. The number of hydrogen-bond acceptors (Lipinski definition) is 7. The summed E-state index contributed by atoms with van der Waals surface area (Å²) in [6.07, 6.45) is 3.16. The second-order valence-electron chi connectivity index (χ2n) is 18.6. The molecule has 2 aliphatic rings. The highest BCUT2D eigenvalue weighted by molar-refractivity contribution is 5.98. The van der Waals surface area contributed by atoms with Gasteiger partial charge in [0.1, 0.15) is 24.2 Å². The molecule has 0 aromatic carbocycles. The van der Waals surface area contributed by atoms with E-state index in [4.69, 9.17) is 0 Å². The van der Waals surface area contributed by atoms with Crippen LogP contribution in [-0.2, 0) is 28.8 Å². The molecule has 0 aliphatic carbocycles. The zero-order chi connectivity index (χ0) is 42.8. The van der Waals surface area contributed by atoms with Gasteiger partial charge in [0, 0.05) is 39.3 Å². The van der Waals surface area contributed by atoms with Gasteiger partial charge >= 0.3 is 0 Å². The van der Waals surface area contributed by atoms with E-state index in [-0.39, 0.29) is 59.6 Å². The van der Waals surface area contributed by atoms with Gasteiger partial charge in [-0.25, -0.2) is 0 Å². The van der Waals surface area contributed by atoms with Crippen LogP contribution in [0.5, 0.6) is 0 Å². The Morgan fingerprint density at radius 3 is 1.66 bits per heavy atom. The quantitative estimate of drug-likeness (QED) is 0.297. The third kappa shape index (κ3) is 13.9. The van der Waals surface area contributed by atoms with Crippen LogP contribution in [0.1, 0.15) is 128 Å². The lowest BCUT2D eigenvalue weighted by Gasteiger charge is -2.37. The molecule has 0 aromatic heterocycles. The molecule has 1 fully saturated rings. The lowest BCUT2D eigenvalue weighted by atomic mass is 9.94. The molecule has 3 N–H and O–H groups in total. The monoisotopic (exact) mass is 789 g/mol. The van der Waals surface area contributed by atoms with E-state index in [2.05, 4.69) is 10.6 Å². The molecule has 13 heteroatoms. The first-order valence-electron chi connectivity index (χ1n) is 21.0. The molecule has 2 rings (SSSR count). The van der Waals surface area contributed by atoms with Crippen molar-refractivity contribution in [2.45, 2.75) is 170 Å². The van der Waals surface area contributed by atoms with Crippen molar-refractivity contribution in [3.63, 3.8) is 0 Å². The highest BCUT2D eigenvalue weighted by atomic mass is 16.3. The first-order valence-corrected chi connectivity index (χ1v) is 21.0. The van der Waals surface area contributed by atoms with Gasteiger partial charge in [-0.2, -0.15) is 0 Å². The van der Waals surface area contributed by atoms with Gasteiger partial charge in [-0.05, 0) is 81.5 Å². The maximum absolute atomic E-state index is 14.5. The van der Waals surface area contributed by atoms with Gasteiger partial charge in [0.2, 0.25) is 35.4 Å². The van der Waals surface area contributed by atoms with Crippen LogP contribution in [0.15, 0.2) is 11.6 Å². The van der Waals surface area contributed by atoms with E-state index in [0.29, 0.717) is 57.1 Å². The van der Waals surface area contributed by atoms with E-state index in [1.54, 1.807) is 39.0 Å². The largest absolute Gasteiger partial charge is 0.390 e. The maximum Gasteiger partial charge on any atom is 0.249 e. The normalized spacial score (nSPS) is 28.6. The van der Waals surface area contributed by atoms with Crippen LogP contribution in [0.3, 0.4) is 0 Å². The van der Waals surface area contributed by atoms with E-state index < -0.39 is 54.2 Å². The van der Waals surface area contributed by atoms with Crippen LogP contribution in [0, 0.1) is 29.6 Å². The first-order chi connectivity index (χ1) is 26.0. The van der Waals surface area contributed by atoms with E-state index >= 15 is 0 Å². The molecule has 6 amide bonds. The summed E-state index contributed by atoms with van der Waals surface area (Å²) in [5.41, 5.74) is 0.364. The van der Waals surface area contributed by atoms with Crippen molar-refractivity contribution in [1.82, 2.24) is 30.2 Å². The SMILES string of the molecule is C/C1=C\[C@H](CC(C)C)NC(=O)[C@@H]2CCCN2C(=O)[C@H](CC(C)C)N(C)C(=O)C[C@@H](O)[C@@H](CC(C)C)NC(=O)[C@H](CC(C)C)N(C)C(=O)[C@H](CC(C)C)N(C)C1=O. The maximum atomic E-state index is 14.5. The molecule has 0 unspecified atom stereocenters. The molecular formula is C43H76N6O7. The number of hydrogen-bond donors (Lipinski definition) is 3. The summed E-state index contributed by atoms with van der Waals surface area (Å²) in [5.74, 6) is -1.96. The van der Waals surface area contributed by atoms with Gasteiger partial charge < -0.3 is 35.3 Å². The van der Waals surface area contributed by atoms with Crippen molar-refractivity contribution >= 4 is 35.4 Å². The van der Waals surface area contributed by atoms with Crippen LogP contribution in [0.2, 0.25) is 0 Å². The third-order valence-electron chi connectivity index (χ3n) is 11.0. The number of aliphatic hydroxyl groups is 1. The molecule has 0 radical (unpaired) electrons. The zero-order valence-electron chi connectivity index (χ0n) is 37.1. The molecule has 0 bridgehead atoms. The highest BCUT2D eigenvalue weighted by Gasteiger charge is 2.42. The molecule has 2 aliphatic heterocycles. The van der Waals surface area contributed by atoms with Crippen molar-refractivity contribution in [2.24, 2.45) is 29.6 Å². The Morgan fingerprint density at radius 2 is 1.14 bits per heavy atom.